The van der Waals surface area contributed by atoms with Crippen molar-refractivity contribution in [1.29, 1.82) is 0 Å². The average molecular weight is 266 g/mol. The van der Waals surface area contributed by atoms with Crippen LogP contribution in [0.3, 0.4) is 0 Å². The van der Waals surface area contributed by atoms with Gasteiger partial charge in [-0.15, -0.1) is 0 Å². The van der Waals surface area contributed by atoms with Gasteiger partial charge >= 0.3 is 5.97 Å². The first-order valence-corrected chi connectivity index (χ1v) is 6.04. The third kappa shape index (κ3) is 4.57. The number of aliphatic carboxylic acids is 1. The minimum atomic E-state index is -0.895. The number of nitrogens with zero attached hydrogens (tertiary/aromatic N) is 1. The Morgan fingerprint density at radius 2 is 2.05 bits per heavy atom. The van der Waals surface area contributed by atoms with E-state index in [2.05, 4.69) is 5.32 Å². The molecule has 1 aromatic rings. The molecule has 2 N–H and O–H groups in total. The van der Waals surface area contributed by atoms with Gasteiger partial charge in [-0.3, -0.25) is 14.9 Å². The summed E-state index contributed by atoms with van der Waals surface area (Å²) in [7, 11) is 0. The normalized spacial score (nSPS) is 12.2. The molecule has 0 aromatic heterocycles. The van der Waals surface area contributed by atoms with Crippen molar-refractivity contribution in [2.24, 2.45) is 5.92 Å². The average Bonchev–Trinajstić information content (AvgIpc) is 2.26. The van der Waals surface area contributed by atoms with E-state index in [-0.39, 0.29) is 24.1 Å². The number of hydrogen-bond acceptors (Lipinski definition) is 4. The van der Waals surface area contributed by atoms with E-state index in [4.69, 9.17) is 5.11 Å². The van der Waals surface area contributed by atoms with Crippen molar-refractivity contribution < 1.29 is 14.8 Å². The zero-order valence-corrected chi connectivity index (χ0v) is 11.2. The number of aryl methyl sites for hydroxylation is 1. The Labute approximate surface area is 111 Å². The van der Waals surface area contributed by atoms with Crippen LogP contribution in [-0.4, -0.2) is 22.0 Å². The Balaban J connectivity index is 2.95. The number of benzene rings is 1. The second-order valence-electron chi connectivity index (χ2n) is 4.91. The summed E-state index contributed by atoms with van der Waals surface area (Å²) in [6, 6.07) is 4.40. The number of anilines is 1. The first-order valence-electron chi connectivity index (χ1n) is 6.04. The molecule has 6 heteroatoms. The smallest absolute Gasteiger partial charge is 0.305 e. The van der Waals surface area contributed by atoms with Crippen LogP contribution in [0.2, 0.25) is 0 Å². The largest absolute Gasteiger partial charge is 0.481 e. The van der Waals surface area contributed by atoms with Gasteiger partial charge in [-0.2, -0.15) is 0 Å². The van der Waals surface area contributed by atoms with Crippen LogP contribution in [0.1, 0.15) is 25.8 Å². The lowest BCUT2D eigenvalue weighted by Crippen LogP contribution is -2.28. The van der Waals surface area contributed by atoms with E-state index in [1.54, 1.807) is 13.0 Å². The molecule has 0 fully saturated rings. The number of nitrogens with one attached hydrogen (secondary N) is 1. The van der Waals surface area contributed by atoms with E-state index in [0.717, 1.165) is 5.56 Å². The van der Waals surface area contributed by atoms with E-state index in [1.807, 2.05) is 13.8 Å². The second-order valence-corrected chi connectivity index (χ2v) is 4.91. The molecule has 1 rings (SSSR count). The van der Waals surface area contributed by atoms with Crippen molar-refractivity contribution >= 4 is 17.3 Å². The monoisotopic (exact) mass is 266 g/mol. The molecular formula is C13H18N2O4. The molecule has 1 aromatic carbocycles. The molecule has 0 bridgehead atoms. The maximum absolute atomic E-state index is 10.8. The molecule has 0 aliphatic carbocycles. The first kappa shape index (κ1) is 14.9. The lowest BCUT2D eigenvalue weighted by molar-refractivity contribution is -0.384. The van der Waals surface area contributed by atoms with Gasteiger partial charge in [0.25, 0.3) is 5.69 Å². The highest BCUT2D eigenvalue weighted by atomic mass is 16.6. The molecule has 1 unspecified atom stereocenters. The molecule has 0 aliphatic heterocycles. The van der Waals surface area contributed by atoms with Crippen molar-refractivity contribution in [3.63, 3.8) is 0 Å². The first-order chi connectivity index (χ1) is 8.79. The molecule has 0 saturated heterocycles. The van der Waals surface area contributed by atoms with Crippen molar-refractivity contribution in [1.82, 2.24) is 0 Å². The van der Waals surface area contributed by atoms with Gasteiger partial charge in [0.1, 0.15) is 0 Å². The maximum atomic E-state index is 10.8. The van der Waals surface area contributed by atoms with Gasteiger partial charge in [-0.1, -0.05) is 13.8 Å². The predicted octanol–water partition coefficient (Wildman–Crippen LogP) is 2.81. The van der Waals surface area contributed by atoms with E-state index in [1.165, 1.54) is 12.1 Å². The van der Waals surface area contributed by atoms with Crippen molar-refractivity contribution in [2.45, 2.75) is 33.2 Å². The highest BCUT2D eigenvalue weighted by molar-refractivity contribution is 5.68. The third-order valence-corrected chi connectivity index (χ3v) is 2.82. The summed E-state index contributed by atoms with van der Waals surface area (Å²) in [5.74, 6) is -0.788. The van der Waals surface area contributed by atoms with Gasteiger partial charge in [0.15, 0.2) is 0 Å². The van der Waals surface area contributed by atoms with Crippen molar-refractivity contribution in [2.75, 3.05) is 5.32 Å². The van der Waals surface area contributed by atoms with Crippen molar-refractivity contribution in [3.8, 4) is 0 Å². The third-order valence-electron chi connectivity index (χ3n) is 2.82. The summed E-state index contributed by atoms with van der Waals surface area (Å²) in [6.45, 7) is 5.58. The SMILES string of the molecule is Cc1cc(NC(CC(=O)O)C(C)C)cc([N+](=O)[O-])c1. The fourth-order valence-corrected chi connectivity index (χ4v) is 1.81. The zero-order valence-electron chi connectivity index (χ0n) is 11.2. The molecule has 1 atom stereocenters. The molecule has 0 amide bonds. The fourth-order valence-electron chi connectivity index (χ4n) is 1.81. The van der Waals surface area contributed by atoms with Gasteiger partial charge < -0.3 is 10.4 Å². The van der Waals surface area contributed by atoms with E-state index in [0.29, 0.717) is 5.69 Å². The summed E-state index contributed by atoms with van der Waals surface area (Å²) >= 11 is 0. The standard InChI is InChI=1S/C13H18N2O4/c1-8(2)12(7-13(16)17)14-10-4-9(3)5-11(6-10)15(18)19/h4-6,8,12,14H,7H2,1-3H3,(H,16,17). The highest BCUT2D eigenvalue weighted by Crippen LogP contribution is 2.23. The Kier molecular flexibility index (Phi) is 4.86. The van der Waals surface area contributed by atoms with Crippen LogP contribution in [-0.2, 0) is 4.79 Å². The van der Waals surface area contributed by atoms with Crippen LogP contribution in [0, 0.1) is 23.0 Å². The molecule has 0 radical (unpaired) electrons. The van der Waals surface area contributed by atoms with Gasteiger partial charge in [0.05, 0.1) is 11.3 Å². The molecule has 0 spiro atoms. The number of non-ortho nitro benzene ring substituents is 1. The maximum Gasteiger partial charge on any atom is 0.305 e. The quantitative estimate of drug-likeness (QED) is 0.610. The molecule has 19 heavy (non-hydrogen) atoms. The summed E-state index contributed by atoms with van der Waals surface area (Å²) < 4.78 is 0. The lowest BCUT2D eigenvalue weighted by atomic mass is 10.0. The predicted molar refractivity (Wildman–Crippen MR) is 72.3 cm³/mol. The fraction of sp³-hybridized carbons (Fsp3) is 0.462. The van der Waals surface area contributed by atoms with Crippen LogP contribution in [0.25, 0.3) is 0 Å². The van der Waals surface area contributed by atoms with Crippen LogP contribution < -0.4 is 5.32 Å². The Morgan fingerprint density at radius 1 is 1.42 bits per heavy atom. The summed E-state index contributed by atoms with van der Waals surface area (Å²) in [5.41, 5.74) is 1.33. The highest BCUT2D eigenvalue weighted by Gasteiger charge is 2.18. The van der Waals surface area contributed by atoms with Crippen LogP contribution in [0.4, 0.5) is 11.4 Å². The Bertz CT molecular complexity index is 486. The number of nitro groups is 1. The molecule has 0 saturated carbocycles. The topological polar surface area (TPSA) is 92.5 Å². The zero-order chi connectivity index (χ0) is 14.6. The number of hydrogen-bond donors (Lipinski definition) is 2. The molecule has 6 nitrogen and oxygen atoms in total. The van der Waals surface area contributed by atoms with Gasteiger partial charge in [0, 0.05) is 23.9 Å². The van der Waals surface area contributed by atoms with Crippen molar-refractivity contribution in [3.05, 3.63) is 33.9 Å². The Morgan fingerprint density at radius 3 is 2.53 bits per heavy atom. The minimum Gasteiger partial charge on any atom is -0.481 e. The lowest BCUT2D eigenvalue weighted by Gasteiger charge is -2.22. The van der Waals surface area contributed by atoms with Crippen LogP contribution in [0.15, 0.2) is 18.2 Å². The summed E-state index contributed by atoms with van der Waals surface area (Å²) in [4.78, 5) is 21.1. The minimum absolute atomic E-state index is 0.000307. The van der Waals surface area contributed by atoms with E-state index in [9.17, 15) is 14.9 Å². The van der Waals surface area contributed by atoms with Gasteiger partial charge in [-0.25, -0.2) is 0 Å². The number of rotatable bonds is 6. The number of nitro benzene ring substituents is 1. The second kappa shape index (κ2) is 6.17. The van der Waals surface area contributed by atoms with E-state index >= 15 is 0 Å². The Hall–Kier alpha value is -2.11. The molecule has 0 heterocycles. The molecule has 0 aliphatic rings. The number of carboxylic acid groups (broad SMARTS) is 1. The molecule has 104 valence electrons. The van der Waals surface area contributed by atoms with E-state index < -0.39 is 10.9 Å². The van der Waals surface area contributed by atoms with Gasteiger partial charge in [0.2, 0.25) is 0 Å². The number of carboxylic acids is 1. The molecular weight excluding hydrogens is 248 g/mol. The summed E-state index contributed by atoms with van der Waals surface area (Å²) in [5, 5.41) is 22.7. The van der Waals surface area contributed by atoms with Gasteiger partial charge in [-0.05, 0) is 24.5 Å². The van der Waals surface area contributed by atoms with Crippen LogP contribution in [0.5, 0.6) is 0 Å². The number of carbonyl (C=O) groups is 1. The summed E-state index contributed by atoms with van der Waals surface area (Å²) in [6.07, 6.45) is -0.0284. The van der Waals surface area contributed by atoms with Crippen LogP contribution >= 0.6 is 0 Å².